The Kier molecular flexibility index (Phi) is 5.09. The van der Waals surface area contributed by atoms with Crippen LogP contribution in [0.15, 0.2) is 0 Å². The van der Waals surface area contributed by atoms with Crippen LogP contribution in [-0.4, -0.2) is 23.0 Å². The summed E-state index contributed by atoms with van der Waals surface area (Å²) in [5.74, 6) is -0.271. The van der Waals surface area contributed by atoms with Crippen molar-refractivity contribution in [2.75, 3.05) is 0 Å². The summed E-state index contributed by atoms with van der Waals surface area (Å²) >= 11 is 0. The maximum atomic E-state index is 11.3. The number of carbonyl (C=O) groups excluding carboxylic acids is 1. The van der Waals surface area contributed by atoms with Crippen LogP contribution in [0.3, 0.4) is 0 Å². The van der Waals surface area contributed by atoms with E-state index in [9.17, 15) is 9.90 Å². The first-order valence-electron chi connectivity index (χ1n) is 4.48. The SMILES string of the molecule is CCC[C@H](N)C(=O)C(O)C(C)C. The molecule has 0 aromatic carbocycles. The summed E-state index contributed by atoms with van der Waals surface area (Å²) in [6.45, 7) is 5.58. The zero-order valence-corrected chi connectivity index (χ0v) is 8.08. The van der Waals surface area contributed by atoms with Crippen molar-refractivity contribution in [2.45, 2.75) is 45.8 Å². The fraction of sp³-hybridized carbons (Fsp3) is 0.889. The second-order valence-corrected chi connectivity index (χ2v) is 3.49. The highest BCUT2D eigenvalue weighted by molar-refractivity contribution is 5.87. The number of ketones is 1. The lowest BCUT2D eigenvalue weighted by molar-refractivity contribution is -0.130. The van der Waals surface area contributed by atoms with Gasteiger partial charge in [0.25, 0.3) is 0 Å². The largest absolute Gasteiger partial charge is 0.385 e. The maximum absolute atomic E-state index is 11.3. The molecule has 0 radical (unpaired) electrons. The van der Waals surface area contributed by atoms with Crippen molar-refractivity contribution in [1.82, 2.24) is 0 Å². The fourth-order valence-electron chi connectivity index (χ4n) is 1.00. The minimum Gasteiger partial charge on any atom is -0.385 e. The third-order valence-electron chi connectivity index (χ3n) is 1.89. The Morgan fingerprint density at radius 2 is 2.00 bits per heavy atom. The van der Waals surface area contributed by atoms with Gasteiger partial charge in [0.15, 0.2) is 5.78 Å². The van der Waals surface area contributed by atoms with Crippen LogP contribution in [0.4, 0.5) is 0 Å². The summed E-state index contributed by atoms with van der Waals surface area (Å²) in [6, 6.07) is -0.493. The molecule has 2 atom stereocenters. The van der Waals surface area contributed by atoms with E-state index >= 15 is 0 Å². The van der Waals surface area contributed by atoms with E-state index in [2.05, 4.69) is 0 Å². The number of carbonyl (C=O) groups is 1. The Labute approximate surface area is 74.0 Å². The molecule has 3 N–H and O–H groups in total. The van der Waals surface area contributed by atoms with Crippen LogP contribution in [0, 0.1) is 5.92 Å². The minimum atomic E-state index is -0.897. The van der Waals surface area contributed by atoms with Gasteiger partial charge >= 0.3 is 0 Å². The molecule has 3 heteroatoms. The molecule has 0 heterocycles. The van der Waals surface area contributed by atoms with Crippen molar-refractivity contribution >= 4 is 5.78 Å². The summed E-state index contributed by atoms with van der Waals surface area (Å²) in [5.41, 5.74) is 5.56. The van der Waals surface area contributed by atoms with Crippen LogP contribution in [0.25, 0.3) is 0 Å². The topological polar surface area (TPSA) is 63.3 Å². The van der Waals surface area contributed by atoms with Gasteiger partial charge in [0.1, 0.15) is 6.10 Å². The first-order chi connectivity index (χ1) is 5.50. The fourth-order valence-corrected chi connectivity index (χ4v) is 1.00. The van der Waals surface area contributed by atoms with E-state index in [1.807, 2.05) is 6.92 Å². The summed E-state index contributed by atoms with van der Waals surface area (Å²) in [7, 11) is 0. The smallest absolute Gasteiger partial charge is 0.178 e. The van der Waals surface area contributed by atoms with Gasteiger partial charge in [-0.2, -0.15) is 0 Å². The summed E-state index contributed by atoms with van der Waals surface area (Å²) in [6.07, 6.45) is 0.631. The number of hydrogen-bond donors (Lipinski definition) is 2. The van der Waals surface area contributed by atoms with Crippen molar-refractivity contribution in [3.8, 4) is 0 Å². The Morgan fingerprint density at radius 3 is 2.33 bits per heavy atom. The number of hydrogen-bond acceptors (Lipinski definition) is 3. The van der Waals surface area contributed by atoms with Crippen LogP contribution < -0.4 is 5.73 Å². The number of nitrogens with two attached hydrogens (primary N) is 1. The molecule has 0 aliphatic carbocycles. The van der Waals surface area contributed by atoms with Crippen LogP contribution >= 0.6 is 0 Å². The van der Waals surface area contributed by atoms with Crippen LogP contribution in [0.5, 0.6) is 0 Å². The highest BCUT2D eigenvalue weighted by Crippen LogP contribution is 2.06. The van der Waals surface area contributed by atoms with E-state index in [1.165, 1.54) is 0 Å². The lowest BCUT2D eigenvalue weighted by Crippen LogP contribution is -2.40. The van der Waals surface area contributed by atoms with Gasteiger partial charge < -0.3 is 10.8 Å². The van der Waals surface area contributed by atoms with Gasteiger partial charge in [0.05, 0.1) is 6.04 Å². The molecule has 0 bridgehead atoms. The van der Waals surface area contributed by atoms with Gasteiger partial charge in [-0.25, -0.2) is 0 Å². The average molecular weight is 173 g/mol. The second-order valence-electron chi connectivity index (χ2n) is 3.49. The lowest BCUT2D eigenvalue weighted by Gasteiger charge is -2.17. The van der Waals surface area contributed by atoms with Gasteiger partial charge in [-0.15, -0.1) is 0 Å². The number of aliphatic hydroxyl groups excluding tert-OH is 1. The molecule has 0 rings (SSSR count). The van der Waals surface area contributed by atoms with Gasteiger partial charge in [-0.05, 0) is 12.3 Å². The van der Waals surface area contributed by atoms with E-state index in [0.29, 0.717) is 6.42 Å². The molecule has 0 saturated heterocycles. The zero-order chi connectivity index (χ0) is 9.72. The van der Waals surface area contributed by atoms with Gasteiger partial charge in [0.2, 0.25) is 0 Å². The van der Waals surface area contributed by atoms with Crippen molar-refractivity contribution < 1.29 is 9.90 Å². The molecule has 0 spiro atoms. The molecule has 0 fully saturated rings. The molecule has 0 saturated carbocycles. The van der Waals surface area contributed by atoms with E-state index in [-0.39, 0.29) is 11.7 Å². The van der Waals surface area contributed by atoms with Crippen molar-refractivity contribution in [3.63, 3.8) is 0 Å². The molecule has 0 amide bonds. The van der Waals surface area contributed by atoms with E-state index in [0.717, 1.165) is 6.42 Å². The number of Topliss-reactive ketones (excluding diaryl/α,β-unsaturated/α-hetero) is 1. The average Bonchev–Trinajstić information content (AvgIpc) is 2.02. The third kappa shape index (κ3) is 3.32. The number of aliphatic hydroxyl groups is 1. The summed E-state index contributed by atoms with van der Waals surface area (Å²) < 4.78 is 0. The molecule has 3 nitrogen and oxygen atoms in total. The van der Waals surface area contributed by atoms with Crippen molar-refractivity contribution in [1.29, 1.82) is 0 Å². The van der Waals surface area contributed by atoms with E-state index in [1.54, 1.807) is 13.8 Å². The second kappa shape index (κ2) is 5.27. The van der Waals surface area contributed by atoms with Gasteiger partial charge in [0, 0.05) is 0 Å². The molecule has 0 aliphatic rings. The molecule has 0 aromatic rings. The zero-order valence-electron chi connectivity index (χ0n) is 8.08. The van der Waals surface area contributed by atoms with Crippen LogP contribution in [0.2, 0.25) is 0 Å². The molecule has 72 valence electrons. The molecule has 0 aromatic heterocycles. The van der Waals surface area contributed by atoms with Crippen LogP contribution in [0.1, 0.15) is 33.6 Å². The van der Waals surface area contributed by atoms with E-state index in [4.69, 9.17) is 5.73 Å². The third-order valence-corrected chi connectivity index (χ3v) is 1.89. The molecular weight excluding hydrogens is 154 g/mol. The van der Waals surface area contributed by atoms with Crippen LogP contribution in [-0.2, 0) is 4.79 Å². The first kappa shape index (κ1) is 11.6. The maximum Gasteiger partial charge on any atom is 0.178 e. The molecule has 12 heavy (non-hydrogen) atoms. The van der Waals surface area contributed by atoms with Gasteiger partial charge in [-0.3, -0.25) is 4.79 Å². The predicted molar refractivity (Wildman–Crippen MR) is 48.7 cm³/mol. The normalized spacial score (nSPS) is 16.2. The quantitative estimate of drug-likeness (QED) is 0.643. The van der Waals surface area contributed by atoms with E-state index < -0.39 is 12.1 Å². The standard InChI is InChI=1S/C9H19NO2/c1-4-5-7(10)9(12)8(11)6(2)3/h6-8,11H,4-5,10H2,1-3H3/t7-,8?/m0/s1. The molecule has 0 aliphatic heterocycles. The van der Waals surface area contributed by atoms with Crippen molar-refractivity contribution in [3.05, 3.63) is 0 Å². The predicted octanol–water partition coefficient (Wildman–Crippen LogP) is 0.700. The Morgan fingerprint density at radius 1 is 1.50 bits per heavy atom. The summed E-state index contributed by atoms with van der Waals surface area (Å²) in [4.78, 5) is 11.3. The summed E-state index contributed by atoms with van der Waals surface area (Å²) in [5, 5.41) is 9.36. The molecular formula is C9H19NO2. The highest BCUT2D eigenvalue weighted by Gasteiger charge is 2.23. The van der Waals surface area contributed by atoms with Crippen molar-refractivity contribution in [2.24, 2.45) is 11.7 Å². The Balaban J connectivity index is 4.00. The highest BCUT2D eigenvalue weighted by atomic mass is 16.3. The monoisotopic (exact) mass is 173 g/mol. The Hall–Kier alpha value is -0.410. The number of rotatable bonds is 5. The minimum absolute atomic E-state index is 0.0413. The van der Waals surface area contributed by atoms with Gasteiger partial charge in [-0.1, -0.05) is 27.2 Å². The molecule has 1 unspecified atom stereocenters. The lowest BCUT2D eigenvalue weighted by atomic mass is 9.96. The Bertz CT molecular complexity index is 145. The first-order valence-corrected chi connectivity index (χ1v) is 4.48.